The van der Waals surface area contributed by atoms with E-state index in [0.717, 1.165) is 32.6 Å². The monoisotopic (exact) mass is 376 g/mol. The highest BCUT2D eigenvalue weighted by Crippen LogP contribution is 2.29. The molecule has 27 heavy (non-hydrogen) atoms. The van der Waals surface area contributed by atoms with Crippen molar-refractivity contribution >= 4 is 44.1 Å². The summed E-state index contributed by atoms with van der Waals surface area (Å²) in [4.78, 5) is 18.8. The van der Waals surface area contributed by atoms with E-state index in [0.29, 0.717) is 10.8 Å². The van der Waals surface area contributed by atoms with Crippen molar-refractivity contribution in [1.82, 2.24) is 4.98 Å². The van der Waals surface area contributed by atoms with E-state index in [-0.39, 0.29) is 5.91 Å². The number of hydrogen-bond acceptors (Lipinski definition) is 4. The fourth-order valence-electron chi connectivity index (χ4n) is 3.00. The highest BCUT2D eigenvalue weighted by molar-refractivity contribution is 7.20. The van der Waals surface area contributed by atoms with Gasteiger partial charge in [0.05, 0.1) is 17.5 Å². The Morgan fingerprint density at radius 3 is 2.52 bits per heavy atom. The standard InChI is InChI=1S/C22H20N2O2S/c1-13(2)14-4-6-17(7-5-14)23-21(25)20-12-16-10-15-11-18(26-3)8-9-19(15)24-22(16)27-20/h4-13H,1-3H3,(H,23,25). The van der Waals surface area contributed by atoms with Gasteiger partial charge in [0.1, 0.15) is 10.6 Å². The first-order valence-electron chi connectivity index (χ1n) is 8.83. The van der Waals surface area contributed by atoms with Crippen LogP contribution in [0.5, 0.6) is 5.75 Å². The third-order valence-corrected chi connectivity index (χ3v) is 5.61. The molecule has 2 aromatic carbocycles. The number of fused-ring (bicyclic) bond motifs is 2. The molecule has 1 amide bonds. The Balaban J connectivity index is 1.62. The van der Waals surface area contributed by atoms with Crippen LogP contribution >= 0.6 is 11.3 Å². The van der Waals surface area contributed by atoms with Crippen LogP contribution in [0.3, 0.4) is 0 Å². The lowest BCUT2D eigenvalue weighted by Gasteiger charge is -2.07. The van der Waals surface area contributed by atoms with Gasteiger partial charge in [-0.05, 0) is 53.9 Å². The van der Waals surface area contributed by atoms with E-state index in [1.54, 1.807) is 7.11 Å². The number of carbonyl (C=O) groups excluding carboxylic acids is 1. The Kier molecular flexibility index (Phi) is 4.54. The lowest BCUT2D eigenvalue weighted by atomic mass is 10.0. The molecule has 4 rings (SSSR count). The second kappa shape index (κ2) is 7.00. The van der Waals surface area contributed by atoms with Crippen molar-refractivity contribution in [2.45, 2.75) is 19.8 Å². The molecule has 0 saturated carbocycles. The van der Waals surface area contributed by atoms with Crippen LogP contribution in [0.1, 0.15) is 35.0 Å². The highest BCUT2D eigenvalue weighted by Gasteiger charge is 2.13. The van der Waals surface area contributed by atoms with Gasteiger partial charge in [-0.15, -0.1) is 11.3 Å². The van der Waals surface area contributed by atoms with Crippen molar-refractivity contribution in [3.8, 4) is 5.75 Å². The normalized spacial score (nSPS) is 11.3. The quantitative estimate of drug-likeness (QED) is 0.487. The first-order valence-corrected chi connectivity index (χ1v) is 9.65. The first-order chi connectivity index (χ1) is 13.0. The zero-order valence-electron chi connectivity index (χ0n) is 15.4. The molecule has 5 heteroatoms. The summed E-state index contributed by atoms with van der Waals surface area (Å²) in [5.41, 5.74) is 2.94. The molecular formula is C22H20N2O2S. The van der Waals surface area contributed by atoms with Crippen LogP contribution in [0.25, 0.3) is 21.1 Å². The van der Waals surface area contributed by atoms with Gasteiger partial charge in [-0.3, -0.25) is 4.79 Å². The van der Waals surface area contributed by atoms with Crippen molar-refractivity contribution in [2.24, 2.45) is 0 Å². The van der Waals surface area contributed by atoms with Crippen molar-refractivity contribution in [3.63, 3.8) is 0 Å². The molecule has 2 heterocycles. The van der Waals surface area contributed by atoms with Crippen molar-refractivity contribution < 1.29 is 9.53 Å². The third kappa shape index (κ3) is 3.51. The molecule has 0 aliphatic carbocycles. The Labute approximate surface area is 161 Å². The van der Waals surface area contributed by atoms with E-state index >= 15 is 0 Å². The van der Waals surface area contributed by atoms with Gasteiger partial charge in [0.25, 0.3) is 5.91 Å². The Hall–Kier alpha value is -2.92. The van der Waals surface area contributed by atoms with Crippen LogP contribution in [0.2, 0.25) is 0 Å². The van der Waals surface area contributed by atoms with Crippen LogP contribution in [-0.2, 0) is 0 Å². The zero-order chi connectivity index (χ0) is 19.0. The molecule has 0 aliphatic rings. The maximum Gasteiger partial charge on any atom is 0.265 e. The predicted octanol–water partition coefficient (Wildman–Crippen LogP) is 5.83. The Morgan fingerprint density at radius 1 is 1.04 bits per heavy atom. The molecule has 0 aliphatic heterocycles. The summed E-state index contributed by atoms with van der Waals surface area (Å²) in [7, 11) is 1.65. The molecule has 0 radical (unpaired) electrons. The van der Waals surface area contributed by atoms with Crippen molar-refractivity contribution in [1.29, 1.82) is 0 Å². The number of hydrogen-bond donors (Lipinski definition) is 1. The fourth-order valence-corrected chi connectivity index (χ4v) is 3.91. The molecule has 136 valence electrons. The second-order valence-electron chi connectivity index (χ2n) is 6.78. The van der Waals surface area contributed by atoms with Crippen LogP contribution in [0.4, 0.5) is 5.69 Å². The molecule has 4 nitrogen and oxygen atoms in total. The average Bonchev–Trinajstić information content (AvgIpc) is 3.09. The maximum atomic E-state index is 12.6. The van der Waals surface area contributed by atoms with E-state index in [4.69, 9.17) is 4.74 Å². The molecular weight excluding hydrogens is 356 g/mol. The minimum Gasteiger partial charge on any atom is -0.497 e. The molecule has 0 unspecified atom stereocenters. The average molecular weight is 376 g/mol. The molecule has 4 aromatic rings. The summed E-state index contributed by atoms with van der Waals surface area (Å²) < 4.78 is 5.28. The molecule has 0 atom stereocenters. The van der Waals surface area contributed by atoms with E-state index in [9.17, 15) is 4.79 Å². The number of pyridine rings is 1. The molecule has 0 fully saturated rings. The van der Waals surface area contributed by atoms with E-state index in [1.807, 2.05) is 54.6 Å². The van der Waals surface area contributed by atoms with Gasteiger partial charge in [-0.25, -0.2) is 4.98 Å². The lowest BCUT2D eigenvalue weighted by molar-refractivity contribution is 0.103. The molecule has 0 saturated heterocycles. The molecule has 1 N–H and O–H groups in total. The fraction of sp³-hybridized carbons (Fsp3) is 0.182. The first kappa shape index (κ1) is 17.5. The van der Waals surface area contributed by atoms with E-state index in [2.05, 4.69) is 24.1 Å². The minimum atomic E-state index is -0.114. The summed E-state index contributed by atoms with van der Waals surface area (Å²) in [6.07, 6.45) is 0. The minimum absolute atomic E-state index is 0.114. The van der Waals surface area contributed by atoms with Gasteiger partial charge < -0.3 is 10.1 Å². The predicted molar refractivity (Wildman–Crippen MR) is 112 cm³/mol. The summed E-state index contributed by atoms with van der Waals surface area (Å²) in [6, 6.07) is 17.7. The van der Waals surface area contributed by atoms with Gasteiger partial charge in [0.2, 0.25) is 0 Å². The number of benzene rings is 2. The molecule has 2 aromatic heterocycles. The third-order valence-electron chi connectivity index (χ3n) is 4.57. The van der Waals surface area contributed by atoms with Gasteiger partial charge in [-0.2, -0.15) is 0 Å². The number of rotatable bonds is 4. The van der Waals surface area contributed by atoms with Crippen molar-refractivity contribution in [2.75, 3.05) is 12.4 Å². The Morgan fingerprint density at radius 2 is 1.81 bits per heavy atom. The zero-order valence-corrected chi connectivity index (χ0v) is 16.3. The lowest BCUT2D eigenvalue weighted by Crippen LogP contribution is -2.09. The number of methoxy groups -OCH3 is 1. The number of aromatic nitrogens is 1. The van der Waals surface area contributed by atoms with Gasteiger partial charge in [0.15, 0.2) is 0 Å². The second-order valence-corrected chi connectivity index (χ2v) is 7.81. The van der Waals surface area contributed by atoms with Crippen LogP contribution in [0, 0.1) is 0 Å². The number of amides is 1. The van der Waals surface area contributed by atoms with Gasteiger partial charge in [-0.1, -0.05) is 26.0 Å². The number of nitrogens with zero attached hydrogens (tertiary/aromatic N) is 1. The molecule has 0 spiro atoms. The summed E-state index contributed by atoms with van der Waals surface area (Å²) in [5, 5.41) is 4.92. The van der Waals surface area contributed by atoms with E-state index < -0.39 is 0 Å². The number of anilines is 1. The Bertz CT molecular complexity index is 1130. The van der Waals surface area contributed by atoms with Gasteiger partial charge in [0, 0.05) is 16.5 Å². The number of thiophene rings is 1. The molecule has 0 bridgehead atoms. The van der Waals surface area contributed by atoms with Crippen molar-refractivity contribution in [3.05, 3.63) is 65.0 Å². The highest BCUT2D eigenvalue weighted by atomic mass is 32.1. The number of nitrogens with one attached hydrogen (secondary N) is 1. The smallest absolute Gasteiger partial charge is 0.265 e. The summed E-state index contributed by atoms with van der Waals surface area (Å²) in [6.45, 7) is 4.30. The number of carbonyl (C=O) groups is 1. The topological polar surface area (TPSA) is 51.2 Å². The van der Waals surface area contributed by atoms with Crippen LogP contribution in [-0.4, -0.2) is 18.0 Å². The van der Waals surface area contributed by atoms with Crippen LogP contribution < -0.4 is 10.1 Å². The summed E-state index contributed by atoms with van der Waals surface area (Å²) in [5.74, 6) is 1.15. The van der Waals surface area contributed by atoms with E-state index in [1.165, 1.54) is 16.9 Å². The van der Waals surface area contributed by atoms with Gasteiger partial charge >= 0.3 is 0 Å². The van der Waals surface area contributed by atoms with Crippen LogP contribution in [0.15, 0.2) is 54.6 Å². The largest absolute Gasteiger partial charge is 0.497 e. The number of ether oxygens (including phenoxy) is 1. The maximum absolute atomic E-state index is 12.6. The SMILES string of the molecule is COc1ccc2nc3sc(C(=O)Nc4ccc(C(C)C)cc4)cc3cc2c1. The summed E-state index contributed by atoms with van der Waals surface area (Å²) >= 11 is 1.40.